The average molecular weight is 312 g/mol. The minimum absolute atomic E-state index is 0.302. The van der Waals surface area contributed by atoms with Gasteiger partial charge in [0.2, 0.25) is 0 Å². The first-order chi connectivity index (χ1) is 9.20. The van der Waals surface area contributed by atoms with Gasteiger partial charge in [-0.25, -0.2) is 0 Å². The average Bonchev–Trinajstić information content (AvgIpc) is 2.34. The molecule has 112 valence electrons. The summed E-state index contributed by atoms with van der Waals surface area (Å²) in [5.41, 5.74) is 0.536. The molecule has 0 radical (unpaired) electrons. The number of benzene rings is 1. The van der Waals surface area contributed by atoms with E-state index >= 15 is 0 Å². The first kappa shape index (κ1) is 16.7. The van der Waals surface area contributed by atoms with Crippen LogP contribution >= 0.6 is 7.60 Å². The van der Waals surface area contributed by atoms with E-state index in [1.54, 1.807) is 30.3 Å². The fraction of sp³-hybridized carbons (Fsp3) is 0.364. The Bertz CT molecular complexity index is 489. The van der Waals surface area contributed by atoms with Crippen molar-refractivity contribution in [2.75, 3.05) is 12.8 Å². The van der Waals surface area contributed by atoms with Crippen molar-refractivity contribution in [1.82, 2.24) is 0 Å². The second kappa shape index (κ2) is 6.88. The number of aliphatic carboxylic acids is 1. The van der Waals surface area contributed by atoms with Crippen molar-refractivity contribution in [3.05, 3.63) is 35.9 Å². The zero-order chi connectivity index (χ0) is 15.2. The van der Waals surface area contributed by atoms with Gasteiger partial charge in [-0.1, -0.05) is 30.3 Å². The molecule has 0 spiro atoms. The molecule has 0 aliphatic rings. The van der Waals surface area contributed by atoms with E-state index in [1.165, 1.54) is 0 Å². The third kappa shape index (κ3) is 6.70. The molecule has 20 heavy (non-hydrogen) atoms. The van der Waals surface area contributed by atoms with Crippen LogP contribution in [-0.2, 0) is 25.0 Å². The van der Waals surface area contributed by atoms with Gasteiger partial charge < -0.3 is 9.63 Å². The number of carboxylic acids is 1. The Hall–Kier alpha value is -1.37. The van der Waals surface area contributed by atoms with Crippen LogP contribution in [-0.4, -0.2) is 30.0 Å². The van der Waals surface area contributed by atoms with Crippen LogP contribution in [0.2, 0.25) is 0 Å². The number of alkyl halides is 3. The fourth-order valence-corrected chi connectivity index (χ4v) is 2.49. The number of hydrogen-bond acceptors (Lipinski definition) is 4. The minimum atomic E-state index is -4.72. The third-order valence-corrected chi connectivity index (χ3v) is 3.73. The van der Waals surface area contributed by atoms with Crippen molar-refractivity contribution in [3.8, 4) is 0 Å². The topological polar surface area (TPSA) is 72.8 Å². The van der Waals surface area contributed by atoms with Gasteiger partial charge in [-0.3, -0.25) is 13.9 Å². The van der Waals surface area contributed by atoms with Gasteiger partial charge in [0, 0.05) is 0 Å². The molecule has 1 unspecified atom stereocenters. The number of hydrogen-bond donors (Lipinski definition) is 1. The summed E-state index contributed by atoms with van der Waals surface area (Å²) in [5.74, 6) is -1.57. The van der Waals surface area contributed by atoms with E-state index in [0.717, 1.165) is 0 Å². The molecule has 0 aliphatic heterocycles. The molecular formula is C11H12F3O5P. The number of rotatable bonds is 7. The summed E-state index contributed by atoms with van der Waals surface area (Å²) in [7, 11) is -4.36. The second-order valence-electron chi connectivity index (χ2n) is 3.81. The second-order valence-corrected chi connectivity index (χ2v) is 5.86. The maximum Gasteiger partial charge on any atom is 0.412 e. The maximum atomic E-state index is 12.0. The van der Waals surface area contributed by atoms with Crippen molar-refractivity contribution in [3.63, 3.8) is 0 Å². The lowest BCUT2D eigenvalue weighted by atomic mass is 10.2. The number of halogens is 3. The molecule has 0 bridgehead atoms. The molecule has 0 aromatic heterocycles. The molecular weight excluding hydrogens is 300 g/mol. The highest BCUT2D eigenvalue weighted by atomic mass is 31.2. The lowest BCUT2D eigenvalue weighted by Gasteiger charge is -2.18. The largest absolute Gasteiger partial charge is 0.481 e. The van der Waals surface area contributed by atoms with Gasteiger partial charge in [-0.2, -0.15) is 13.2 Å². The van der Waals surface area contributed by atoms with E-state index < -0.39 is 32.5 Å². The molecule has 1 atom stereocenters. The Morgan fingerprint density at radius 2 is 1.80 bits per heavy atom. The van der Waals surface area contributed by atoms with Crippen LogP contribution in [0.5, 0.6) is 0 Å². The van der Waals surface area contributed by atoms with Crippen LogP contribution in [0.15, 0.2) is 30.3 Å². The molecule has 1 N–H and O–H groups in total. The lowest BCUT2D eigenvalue weighted by Crippen LogP contribution is -2.18. The van der Waals surface area contributed by atoms with Crippen molar-refractivity contribution < 1.29 is 36.7 Å². The zero-order valence-corrected chi connectivity index (χ0v) is 11.1. The van der Waals surface area contributed by atoms with Crippen molar-refractivity contribution >= 4 is 13.6 Å². The third-order valence-electron chi connectivity index (χ3n) is 2.02. The van der Waals surface area contributed by atoms with E-state index in [2.05, 4.69) is 4.52 Å². The molecule has 0 fully saturated rings. The number of carbonyl (C=O) groups is 1. The predicted molar refractivity (Wildman–Crippen MR) is 63.3 cm³/mol. The first-order valence-corrected chi connectivity index (χ1v) is 7.14. The Kier molecular flexibility index (Phi) is 5.74. The summed E-state index contributed by atoms with van der Waals surface area (Å²) in [6.45, 7) is -2.13. The first-order valence-electron chi connectivity index (χ1n) is 5.41. The zero-order valence-electron chi connectivity index (χ0n) is 10.2. The monoisotopic (exact) mass is 312 g/mol. The van der Waals surface area contributed by atoms with Crippen LogP contribution in [0.4, 0.5) is 13.2 Å². The highest BCUT2D eigenvalue weighted by Crippen LogP contribution is 2.49. The SMILES string of the molecule is O=C(O)CP(=O)(OCc1ccccc1)OCC(F)(F)F. The summed E-state index contributed by atoms with van der Waals surface area (Å²) in [6, 6.07) is 8.19. The molecule has 1 rings (SSSR count). The van der Waals surface area contributed by atoms with Crippen LogP contribution in [0, 0.1) is 0 Å². The molecule has 0 saturated carbocycles. The molecule has 9 heteroatoms. The van der Waals surface area contributed by atoms with Crippen LogP contribution in [0.25, 0.3) is 0 Å². The molecule has 0 saturated heterocycles. The summed E-state index contributed by atoms with van der Waals surface area (Å²) >= 11 is 0. The Morgan fingerprint density at radius 1 is 1.20 bits per heavy atom. The van der Waals surface area contributed by atoms with Crippen molar-refractivity contribution in [2.24, 2.45) is 0 Å². The van der Waals surface area contributed by atoms with Gasteiger partial charge in [0.25, 0.3) is 0 Å². The fourth-order valence-electron chi connectivity index (χ4n) is 1.21. The molecule has 1 aromatic rings. The van der Waals surface area contributed by atoms with Gasteiger partial charge in [-0.15, -0.1) is 0 Å². The molecule has 5 nitrogen and oxygen atoms in total. The molecule has 0 aliphatic carbocycles. The van der Waals surface area contributed by atoms with Gasteiger partial charge in [-0.05, 0) is 5.56 Å². The Balaban J connectivity index is 2.68. The number of carboxylic acid groups (broad SMARTS) is 1. The van der Waals surface area contributed by atoms with Crippen LogP contribution in [0.1, 0.15) is 5.56 Å². The highest BCUT2D eigenvalue weighted by molar-refractivity contribution is 7.54. The van der Waals surface area contributed by atoms with Gasteiger partial charge >= 0.3 is 19.7 Å². The van der Waals surface area contributed by atoms with E-state index in [1.807, 2.05) is 0 Å². The van der Waals surface area contributed by atoms with E-state index in [4.69, 9.17) is 9.63 Å². The molecule has 1 aromatic carbocycles. The van der Waals surface area contributed by atoms with E-state index in [-0.39, 0.29) is 6.61 Å². The predicted octanol–water partition coefficient (Wildman–Crippen LogP) is 3.06. The molecule has 0 heterocycles. The normalized spacial score (nSPS) is 14.8. The van der Waals surface area contributed by atoms with E-state index in [0.29, 0.717) is 5.56 Å². The van der Waals surface area contributed by atoms with Gasteiger partial charge in [0.05, 0.1) is 6.61 Å². The maximum absolute atomic E-state index is 12.0. The standard InChI is InChI=1S/C11H12F3O5P/c12-11(13,14)8-19-20(17,7-10(15)16)18-6-9-4-2-1-3-5-9/h1-5H,6-8H2,(H,15,16). The lowest BCUT2D eigenvalue weighted by molar-refractivity contribution is -0.156. The quantitative estimate of drug-likeness (QED) is 0.783. The van der Waals surface area contributed by atoms with Crippen molar-refractivity contribution in [2.45, 2.75) is 12.8 Å². The highest BCUT2D eigenvalue weighted by Gasteiger charge is 2.36. The van der Waals surface area contributed by atoms with Gasteiger partial charge in [0.1, 0.15) is 6.16 Å². The van der Waals surface area contributed by atoms with Crippen LogP contribution in [0.3, 0.4) is 0 Å². The van der Waals surface area contributed by atoms with Crippen molar-refractivity contribution in [1.29, 1.82) is 0 Å². The van der Waals surface area contributed by atoms with Crippen LogP contribution < -0.4 is 0 Å². The molecule has 0 amide bonds. The van der Waals surface area contributed by atoms with Gasteiger partial charge in [0.15, 0.2) is 6.61 Å². The smallest absolute Gasteiger partial charge is 0.412 e. The summed E-state index contributed by atoms with van der Waals surface area (Å²) < 4.78 is 57.0. The Labute approximate surface area is 112 Å². The summed E-state index contributed by atoms with van der Waals surface area (Å²) in [6.07, 6.45) is -5.85. The summed E-state index contributed by atoms with van der Waals surface area (Å²) in [4.78, 5) is 10.5. The van der Waals surface area contributed by atoms with E-state index in [9.17, 15) is 22.5 Å². The minimum Gasteiger partial charge on any atom is -0.481 e. The Morgan fingerprint density at radius 3 is 2.30 bits per heavy atom. The summed E-state index contributed by atoms with van der Waals surface area (Å²) in [5, 5.41) is 8.56.